The minimum atomic E-state index is 0.517. The smallest absolute Gasteiger partial charge is 0.101 e. The molecule has 0 aliphatic rings. The predicted octanol–water partition coefficient (Wildman–Crippen LogP) is 10.4. The summed E-state index contributed by atoms with van der Waals surface area (Å²) in [5.74, 6) is 0. The average Bonchev–Trinajstić information content (AvgIpc) is 3.67. The molecular formula is C43H25N5. The Morgan fingerprint density at radius 2 is 1.02 bits per heavy atom. The summed E-state index contributed by atoms with van der Waals surface area (Å²) in [6.45, 7) is 0. The molecule has 0 spiro atoms. The van der Waals surface area contributed by atoms with E-state index in [4.69, 9.17) is 4.98 Å². The molecule has 5 heteroatoms. The molecule has 3 heterocycles. The third-order valence-corrected chi connectivity index (χ3v) is 9.29. The van der Waals surface area contributed by atoms with E-state index in [2.05, 4.69) is 100 Å². The zero-order valence-electron chi connectivity index (χ0n) is 25.7. The number of aromatic nitrogens is 3. The molecule has 0 N–H and O–H groups in total. The number of para-hydroxylation sites is 4. The average molecular weight is 612 g/mol. The van der Waals surface area contributed by atoms with E-state index < -0.39 is 0 Å². The van der Waals surface area contributed by atoms with Gasteiger partial charge in [0.2, 0.25) is 0 Å². The van der Waals surface area contributed by atoms with Gasteiger partial charge in [0, 0.05) is 32.7 Å². The van der Waals surface area contributed by atoms with E-state index in [0.29, 0.717) is 16.8 Å². The summed E-state index contributed by atoms with van der Waals surface area (Å²) < 4.78 is 4.38. The number of fused-ring (bicyclic) bond motifs is 6. The molecule has 0 saturated heterocycles. The van der Waals surface area contributed by atoms with Gasteiger partial charge in [0.05, 0.1) is 56.5 Å². The van der Waals surface area contributed by atoms with Crippen LogP contribution in [0.4, 0.5) is 0 Å². The van der Waals surface area contributed by atoms with E-state index in [1.54, 1.807) is 0 Å². The highest BCUT2D eigenvalue weighted by atomic mass is 15.0. The molecule has 9 rings (SSSR count). The Balaban J connectivity index is 1.14. The summed E-state index contributed by atoms with van der Waals surface area (Å²) in [4.78, 5) is 4.87. The first-order valence-corrected chi connectivity index (χ1v) is 15.8. The molecule has 0 saturated carbocycles. The van der Waals surface area contributed by atoms with Crippen LogP contribution in [0.25, 0.3) is 77.4 Å². The summed E-state index contributed by atoms with van der Waals surface area (Å²) in [6.07, 6.45) is 1.87. The SMILES string of the molecule is N#Cc1cc(-c2cccc(-c3ccc(-n4c5ccccc5c5ccccc54)cn3)c2C#N)ccc1-n1c2ccccc2c2ccccc21. The van der Waals surface area contributed by atoms with Crippen molar-refractivity contribution in [3.8, 4) is 45.9 Å². The first kappa shape index (κ1) is 27.4. The van der Waals surface area contributed by atoms with Crippen molar-refractivity contribution in [1.82, 2.24) is 14.1 Å². The summed E-state index contributed by atoms with van der Waals surface area (Å²) in [5, 5.41) is 25.5. The molecule has 0 aliphatic carbocycles. The lowest BCUT2D eigenvalue weighted by Gasteiger charge is -2.14. The molecule has 6 aromatic carbocycles. The van der Waals surface area contributed by atoms with E-state index in [9.17, 15) is 10.5 Å². The zero-order valence-corrected chi connectivity index (χ0v) is 25.7. The van der Waals surface area contributed by atoms with Gasteiger partial charge in [-0.15, -0.1) is 0 Å². The van der Waals surface area contributed by atoms with E-state index in [0.717, 1.165) is 60.9 Å². The maximum atomic E-state index is 10.5. The number of rotatable bonds is 4. The van der Waals surface area contributed by atoms with Gasteiger partial charge in [-0.1, -0.05) is 97.1 Å². The summed E-state index contributed by atoms with van der Waals surface area (Å²) in [6, 6.07) is 53.9. The Bertz CT molecular complexity index is 2700. The normalized spacial score (nSPS) is 11.3. The highest BCUT2D eigenvalue weighted by molar-refractivity contribution is 6.10. The monoisotopic (exact) mass is 611 g/mol. The predicted molar refractivity (Wildman–Crippen MR) is 193 cm³/mol. The number of hydrogen-bond acceptors (Lipinski definition) is 3. The molecular weight excluding hydrogens is 587 g/mol. The summed E-state index contributed by atoms with van der Waals surface area (Å²) in [7, 11) is 0. The fourth-order valence-electron chi connectivity index (χ4n) is 7.18. The molecule has 0 bridgehead atoms. The van der Waals surface area contributed by atoms with Crippen molar-refractivity contribution in [1.29, 1.82) is 10.5 Å². The van der Waals surface area contributed by atoms with Crippen molar-refractivity contribution in [3.63, 3.8) is 0 Å². The molecule has 5 nitrogen and oxygen atoms in total. The van der Waals surface area contributed by atoms with Gasteiger partial charge in [0.1, 0.15) is 12.1 Å². The number of nitrogens with zero attached hydrogens (tertiary/aromatic N) is 5. The van der Waals surface area contributed by atoms with Crippen molar-refractivity contribution in [3.05, 3.63) is 163 Å². The molecule has 0 atom stereocenters. The van der Waals surface area contributed by atoms with Crippen LogP contribution < -0.4 is 0 Å². The number of hydrogen-bond donors (Lipinski definition) is 0. The molecule has 9 aromatic rings. The number of benzene rings is 6. The summed E-state index contributed by atoms with van der Waals surface area (Å²) in [5.41, 5.74) is 10.1. The first-order chi connectivity index (χ1) is 23.7. The maximum Gasteiger partial charge on any atom is 0.101 e. The van der Waals surface area contributed by atoms with Gasteiger partial charge in [-0.25, -0.2) is 0 Å². The molecule has 0 unspecified atom stereocenters. The third kappa shape index (κ3) is 4.06. The Morgan fingerprint density at radius 1 is 0.479 bits per heavy atom. The van der Waals surface area contributed by atoms with Crippen molar-refractivity contribution in [2.24, 2.45) is 0 Å². The lowest BCUT2D eigenvalue weighted by atomic mass is 9.93. The molecule has 0 amide bonds. The Morgan fingerprint density at radius 3 is 1.54 bits per heavy atom. The van der Waals surface area contributed by atoms with Gasteiger partial charge in [-0.2, -0.15) is 10.5 Å². The topological polar surface area (TPSA) is 70.3 Å². The van der Waals surface area contributed by atoms with Crippen LogP contribution in [0, 0.1) is 22.7 Å². The first-order valence-electron chi connectivity index (χ1n) is 15.8. The van der Waals surface area contributed by atoms with Crippen LogP contribution >= 0.6 is 0 Å². The van der Waals surface area contributed by atoms with Crippen molar-refractivity contribution >= 4 is 43.6 Å². The van der Waals surface area contributed by atoms with Crippen LogP contribution in [0.1, 0.15) is 11.1 Å². The van der Waals surface area contributed by atoms with Gasteiger partial charge < -0.3 is 9.13 Å². The van der Waals surface area contributed by atoms with Gasteiger partial charge in [-0.3, -0.25) is 4.98 Å². The minimum Gasteiger partial charge on any atom is -0.308 e. The lowest BCUT2D eigenvalue weighted by Crippen LogP contribution is -1.99. The largest absolute Gasteiger partial charge is 0.308 e. The molecule has 3 aromatic heterocycles. The number of nitriles is 2. The van der Waals surface area contributed by atoms with Gasteiger partial charge in [-0.05, 0) is 54.1 Å². The Hall–Kier alpha value is -6.95. The van der Waals surface area contributed by atoms with Crippen LogP contribution in [0.15, 0.2) is 152 Å². The molecule has 222 valence electrons. The third-order valence-electron chi connectivity index (χ3n) is 9.29. The van der Waals surface area contributed by atoms with E-state index in [1.165, 1.54) is 10.8 Å². The Labute approximate surface area is 276 Å². The van der Waals surface area contributed by atoms with Crippen LogP contribution in [0.3, 0.4) is 0 Å². The van der Waals surface area contributed by atoms with Gasteiger partial charge >= 0.3 is 0 Å². The Kier molecular flexibility index (Phi) is 6.18. The lowest BCUT2D eigenvalue weighted by molar-refractivity contribution is 1.14. The van der Waals surface area contributed by atoms with Crippen LogP contribution in [-0.2, 0) is 0 Å². The van der Waals surface area contributed by atoms with Crippen LogP contribution in [0.2, 0.25) is 0 Å². The molecule has 0 fully saturated rings. The van der Waals surface area contributed by atoms with E-state index in [1.807, 2.05) is 72.9 Å². The molecule has 0 radical (unpaired) electrons. The van der Waals surface area contributed by atoms with Crippen molar-refractivity contribution in [2.75, 3.05) is 0 Å². The number of pyridine rings is 1. The summed E-state index contributed by atoms with van der Waals surface area (Å²) >= 11 is 0. The second-order valence-corrected chi connectivity index (χ2v) is 11.8. The highest BCUT2D eigenvalue weighted by Crippen LogP contribution is 2.37. The zero-order chi connectivity index (χ0) is 32.2. The fourth-order valence-corrected chi connectivity index (χ4v) is 7.18. The van der Waals surface area contributed by atoms with Gasteiger partial charge in [0.15, 0.2) is 0 Å². The second-order valence-electron chi connectivity index (χ2n) is 11.8. The molecule has 0 aliphatic heterocycles. The van der Waals surface area contributed by atoms with E-state index in [-0.39, 0.29) is 0 Å². The quantitative estimate of drug-likeness (QED) is 0.199. The second kappa shape index (κ2) is 10.8. The van der Waals surface area contributed by atoms with Crippen molar-refractivity contribution < 1.29 is 0 Å². The highest BCUT2D eigenvalue weighted by Gasteiger charge is 2.18. The fraction of sp³-hybridized carbons (Fsp3) is 0. The van der Waals surface area contributed by atoms with Crippen LogP contribution in [0.5, 0.6) is 0 Å². The van der Waals surface area contributed by atoms with Crippen molar-refractivity contribution in [2.45, 2.75) is 0 Å². The van der Waals surface area contributed by atoms with Crippen LogP contribution in [-0.4, -0.2) is 14.1 Å². The van der Waals surface area contributed by atoms with E-state index >= 15 is 0 Å². The minimum absolute atomic E-state index is 0.517. The standard InChI is InChI=1S/C43H25N5/c44-25-29-24-28(20-23-39(29)48-42-18-7-3-12-35(42)36-13-4-8-19-43(36)48)31-14-9-15-32(37(31)26-45)38-22-21-30(27-46-38)47-40-16-5-1-10-33(40)34-11-2-6-17-41(34)47/h1-24,27H. The molecule has 48 heavy (non-hydrogen) atoms. The van der Waals surface area contributed by atoms with Gasteiger partial charge in [0.25, 0.3) is 0 Å². The maximum absolute atomic E-state index is 10.5.